The van der Waals surface area contributed by atoms with E-state index in [-0.39, 0.29) is 27.1 Å². The fourth-order valence-corrected chi connectivity index (χ4v) is 5.64. The first-order valence-electron chi connectivity index (χ1n) is 7.95. The molecule has 3 rings (SSSR count). The molecule has 2 heterocycles. The molecule has 0 bridgehead atoms. The highest BCUT2D eigenvalue weighted by Crippen LogP contribution is 2.46. The molecule has 1 N–H and O–H groups in total. The fraction of sp³-hybridized carbons (Fsp3) is 0.353. The highest BCUT2D eigenvalue weighted by atomic mass is 32.2. The van der Waals surface area contributed by atoms with E-state index in [4.69, 9.17) is 0 Å². The Hall–Kier alpha value is -2.00. The maximum atomic E-state index is 13.1. The third kappa shape index (κ3) is 2.99. The number of nitrogens with zero attached hydrogens (tertiary/aromatic N) is 2. The predicted octanol–water partition coefficient (Wildman–Crippen LogP) is 4.37. The van der Waals surface area contributed by atoms with Crippen LogP contribution < -0.4 is 4.31 Å². The smallest absolute Gasteiger partial charge is 0.270 e. The number of benzene rings is 1. The van der Waals surface area contributed by atoms with Crippen molar-refractivity contribution in [3.8, 4) is 0 Å². The molecule has 0 spiro atoms. The van der Waals surface area contributed by atoms with Crippen LogP contribution >= 0.6 is 11.3 Å². The quantitative estimate of drug-likeness (QED) is 0.827. The van der Waals surface area contributed by atoms with Crippen molar-refractivity contribution in [2.45, 2.75) is 33.1 Å². The summed E-state index contributed by atoms with van der Waals surface area (Å²) in [5, 5.41) is 11.3. The molecule has 0 fully saturated rings. The van der Waals surface area contributed by atoms with Crippen LogP contribution in [-0.2, 0) is 10.0 Å². The second kappa shape index (κ2) is 6.62. The van der Waals surface area contributed by atoms with Gasteiger partial charge in [-0.15, -0.1) is 11.3 Å². The molecule has 1 aliphatic rings. The number of rotatable bonds is 4. The Morgan fingerprint density at radius 2 is 1.92 bits per heavy atom. The third-order valence-corrected chi connectivity index (χ3v) is 7.21. The van der Waals surface area contributed by atoms with Gasteiger partial charge in [0.15, 0.2) is 11.6 Å². The van der Waals surface area contributed by atoms with Crippen LogP contribution in [0.15, 0.2) is 24.3 Å². The highest BCUT2D eigenvalue weighted by Gasteiger charge is 2.42. The van der Waals surface area contributed by atoms with Crippen LogP contribution in [0.5, 0.6) is 0 Å². The molecule has 2 aromatic rings. The minimum Gasteiger partial charge on any atom is -0.505 e. The topological polar surface area (TPSA) is 70.5 Å². The van der Waals surface area contributed by atoms with Crippen LogP contribution in [0.4, 0.5) is 14.6 Å². The Balaban J connectivity index is 2.33. The number of hydrogen-bond donors (Lipinski definition) is 1. The van der Waals surface area contributed by atoms with Crippen LogP contribution in [0.3, 0.4) is 0 Å². The number of alkyl halides is 2. The summed E-state index contributed by atoms with van der Waals surface area (Å²) in [5.41, 5.74) is 0.904. The Morgan fingerprint density at radius 3 is 2.50 bits per heavy atom. The van der Waals surface area contributed by atoms with Crippen molar-refractivity contribution >= 4 is 37.8 Å². The minimum atomic E-state index is -4.38. The van der Waals surface area contributed by atoms with Gasteiger partial charge in [0.2, 0.25) is 0 Å². The van der Waals surface area contributed by atoms with Gasteiger partial charge in [-0.2, -0.15) is 0 Å². The van der Waals surface area contributed by atoms with Gasteiger partial charge in [-0.1, -0.05) is 38.1 Å². The lowest BCUT2D eigenvalue weighted by Gasteiger charge is -2.29. The summed E-state index contributed by atoms with van der Waals surface area (Å²) >= 11 is 1.12. The molecule has 9 heteroatoms. The maximum Gasteiger partial charge on any atom is 0.270 e. The standard InChI is InChI=1S/C17H18F2N2O3S2/c1-9(2)17-20-16-14(25-17)13(22)15(11-7-5-4-6-10(11)3)26(23,24)21(16)8-12(18)19/h4-7,9,12,22H,8H2,1-3H3. The molecule has 0 aliphatic carbocycles. The third-order valence-electron chi connectivity index (χ3n) is 4.03. The van der Waals surface area contributed by atoms with Gasteiger partial charge in [0, 0.05) is 11.5 Å². The Morgan fingerprint density at radius 1 is 1.27 bits per heavy atom. The SMILES string of the molecule is Cc1ccccc1C1=C(O)c2sc(C(C)C)nc2N(CC(F)F)S1(=O)=O. The molecule has 0 saturated heterocycles. The zero-order valence-electron chi connectivity index (χ0n) is 14.4. The van der Waals surface area contributed by atoms with Crippen molar-refractivity contribution in [1.29, 1.82) is 0 Å². The number of aryl methyl sites for hydroxylation is 1. The van der Waals surface area contributed by atoms with Crippen molar-refractivity contribution in [3.63, 3.8) is 0 Å². The van der Waals surface area contributed by atoms with E-state index in [2.05, 4.69) is 4.98 Å². The zero-order chi connectivity index (χ0) is 19.2. The van der Waals surface area contributed by atoms with Gasteiger partial charge < -0.3 is 5.11 Å². The first-order valence-corrected chi connectivity index (χ1v) is 10.2. The lowest BCUT2D eigenvalue weighted by molar-refractivity contribution is 0.159. The molecule has 0 unspecified atom stereocenters. The molecular formula is C17H18F2N2O3S2. The predicted molar refractivity (Wildman–Crippen MR) is 99.1 cm³/mol. The summed E-state index contributed by atoms with van der Waals surface area (Å²) in [6.07, 6.45) is -2.87. The molecule has 1 aliphatic heterocycles. The van der Waals surface area contributed by atoms with Gasteiger partial charge in [-0.05, 0) is 12.5 Å². The van der Waals surface area contributed by atoms with E-state index in [1.807, 2.05) is 13.8 Å². The summed E-state index contributed by atoms with van der Waals surface area (Å²) in [6.45, 7) is 4.40. The number of hydrogen-bond acceptors (Lipinski definition) is 5. The Bertz CT molecular complexity index is 982. The number of aliphatic hydroxyl groups is 1. The summed E-state index contributed by atoms with van der Waals surface area (Å²) in [6, 6.07) is 6.62. The van der Waals surface area contributed by atoms with E-state index < -0.39 is 28.8 Å². The number of aliphatic hydroxyl groups excluding tert-OH is 1. The van der Waals surface area contributed by atoms with Crippen LogP contribution in [0.1, 0.15) is 40.8 Å². The van der Waals surface area contributed by atoms with Crippen molar-refractivity contribution in [3.05, 3.63) is 45.3 Å². The lowest BCUT2D eigenvalue weighted by atomic mass is 10.1. The normalized spacial score (nSPS) is 16.5. The highest BCUT2D eigenvalue weighted by molar-refractivity contribution is 8.02. The van der Waals surface area contributed by atoms with Gasteiger partial charge in [0.25, 0.3) is 16.4 Å². The summed E-state index contributed by atoms with van der Waals surface area (Å²) in [5.74, 6) is -0.602. The molecule has 1 aromatic carbocycles. The molecule has 0 amide bonds. The summed E-state index contributed by atoms with van der Waals surface area (Å²) in [4.78, 5) is 4.06. The average Bonchev–Trinajstić information content (AvgIpc) is 2.98. The molecule has 140 valence electrons. The molecular weight excluding hydrogens is 382 g/mol. The Kier molecular flexibility index (Phi) is 4.78. The van der Waals surface area contributed by atoms with Crippen LogP contribution in [0.2, 0.25) is 0 Å². The molecule has 0 radical (unpaired) electrons. The van der Waals surface area contributed by atoms with Crippen molar-refractivity contribution in [1.82, 2.24) is 4.98 Å². The molecule has 0 saturated carbocycles. The average molecular weight is 400 g/mol. The van der Waals surface area contributed by atoms with E-state index in [1.54, 1.807) is 31.2 Å². The first kappa shape index (κ1) is 18.8. The molecule has 26 heavy (non-hydrogen) atoms. The number of sulfonamides is 1. The maximum absolute atomic E-state index is 13.1. The molecule has 0 atom stereocenters. The van der Waals surface area contributed by atoms with Crippen LogP contribution in [0.25, 0.3) is 10.7 Å². The second-order valence-electron chi connectivity index (χ2n) is 6.28. The minimum absolute atomic E-state index is 0.0311. The van der Waals surface area contributed by atoms with E-state index in [0.717, 1.165) is 11.3 Å². The molecule has 1 aromatic heterocycles. The lowest BCUT2D eigenvalue weighted by Crippen LogP contribution is -2.38. The van der Waals surface area contributed by atoms with E-state index in [0.29, 0.717) is 14.9 Å². The molecule has 5 nitrogen and oxygen atoms in total. The summed E-state index contributed by atoms with van der Waals surface area (Å²) < 4.78 is 53.0. The van der Waals surface area contributed by atoms with Crippen molar-refractivity contribution in [2.75, 3.05) is 10.8 Å². The van der Waals surface area contributed by atoms with Gasteiger partial charge in [-0.25, -0.2) is 26.5 Å². The summed E-state index contributed by atoms with van der Waals surface area (Å²) in [7, 11) is -4.38. The van der Waals surface area contributed by atoms with Gasteiger partial charge in [-0.3, -0.25) is 0 Å². The van der Waals surface area contributed by atoms with Crippen molar-refractivity contribution < 1.29 is 22.3 Å². The number of halogens is 2. The van der Waals surface area contributed by atoms with Crippen LogP contribution in [0, 0.1) is 6.92 Å². The van der Waals surface area contributed by atoms with Crippen molar-refractivity contribution in [2.24, 2.45) is 0 Å². The largest absolute Gasteiger partial charge is 0.505 e. The van der Waals surface area contributed by atoms with Gasteiger partial charge in [0.1, 0.15) is 9.78 Å². The number of aromatic nitrogens is 1. The number of fused-ring (bicyclic) bond motifs is 1. The Labute approximate surface area is 154 Å². The van der Waals surface area contributed by atoms with Gasteiger partial charge >= 0.3 is 0 Å². The van der Waals surface area contributed by atoms with E-state index in [9.17, 15) is 22.3 Å². The van der Waals surface area contributed by atoms with E-state index >= 15 is 0 Å². The van der Waals surface area contributed by atoms with Gasteiger partial charge in [0.05, 0.1) is 11.6 Å². The first-order chi connectivity index (χ1) is 12.1. The fourth-order valence-electron chi connectivity index (χ4n) is 2.75. The second-order valence-corrected chi connectivity index (χ2v) is 9.11. The zero-order valence-corrected chi connectivity index (χ0v) is 16.0. The monoisotopic (exact) mass is 400 g/mol. The van der Waals surface area contributed by atoms with E-state index in [1.165, 1.54) is 0 Å². The number of thiazole rings is 1. The van der Waals surface area contributed by atoms with Crippen LogP contribution in [-0.4, -0.2) is 31.5 Å². The number of anilines is 1.